The fraction of sp³-hybridized carbons (Fsp3) is 1.00. The smallest absolute Gasteiger partial charge is 0.313 e. The summed E-state index contributed by atoms with van der Waals surface area (Å²) in [5, 5.41) is 29.6. The van der Waals surface area contributed by atoms with Crippen LogP contribution in [0, 0.1) is 0 Å². The Bertz CT molecular complexity index is 327. The van der Waals surface area contributed by atoms with Gasteiger partial charge in [0.1, 0.15) is 12.2 Å². The highest BCUT2D eigenvalue weighted by Crippen LogP contribution is 2.29. The maximum atomic E-state index is 10.2. The number of hydrogen-bond acceptors (Lipinski definition) is 6. The van der Waals surface area contributed by atoms with Gasteiger partial charge in [-0.1, -0.05) is 64.7 Å². The van der Waals surface area contributed by atoms with Crippen LogP contribution < -0.4 is 0 Å². The maximum absolute atomic E-state index is 10.2. The van der Waals surface area contributed by atoms with Crippen LogP contribution in [0.25, 0.3) is 0 Å². The van der Waals surface area contributed by atoms with E-state index >= 15 is 0 Å². The molecule has 4 atom stereocenters. The molecule has 1 rings (SSSR count). The summed E-state index contributed by atoms with van der Waals surface area (Å²) in [6.45, 7) is 4.53. The summed E-state index contributed by atoms with van der Waals surface area (Å²) in [7, 11) is 0. The Morgan fingerprint density at radius 1 is 0.840 bits per heavy atom. The number of unbranched alkanes of at least 4 members (excludes halogenated alkanes) is 9. The van der Waals surface area contributed by atoms with Crippen LogP contribution in [0.4, 0.5) is 0 Å². The average molecular weight is 363 g/mol. The number of ether oxygens (including phenoxy) is 3. The lowest BCUT2D eigenvalue weighted by Gasteiger charge is -2.43. The van der Waals surface area contributed by atoms with Crippen LogP contribution in [-0.4, -0.2) is 59.4 Å². The van der Waals surface area contributed by atoms with E-state index in [9.17, 15) is 15.3 Å². The first-order valence-electron chi connectivity index (χ1n) is 10.0. The van der Waals surface area contributed by atoms with Crippen molar-refractivity contribution >= 4 is 0 Å². The van der Waals surface area contributed by atoms with E-state index in [1.54, 1.807) is 6.92 Å². The zero-order chi connectivity index (χ0) is 18.5. The van der Waals surface area contributed by atoms with Gasteiger partial charge in [-0.3, -0.25) is 0 Å². The van der Waals surface area contributed by atoms with E-state index in [1.807, 2.05) is 0 Å². The van der Waals surface area contributed by atoms with E-state index in [0.717, 1.165) is 12.8 Å². The molecule has 1 saturated heterocycles. The Kier molecular flexibility index (Phi) is 11.9. The fourth-order valence-electron chi connectivity index (χ4n) is 3.11. The molecular formula is C19H38O6. The fourth-order valence-corrected chi connectivity index (χ4v) is 3.11. The first-order valence-corrected chi connectivity index (χ1v) is 10.0. The second kappa shape index (κ2) is 13.0. The quantitative estimate of drug-likeness (QED) is 0.325. The number of aliphatic hydroxyl groups excluding tert-OH is 3. The van der Waals surface area contributed by atoms with Crippen molar-refractivity contribution in [1.29, 1.82) is 0 Å². The van der Waals surface area contributed by atoms with Crippen LogP contribution in [0.2, 0.25) is 0 Å². The first kappa shape index (κ1) is 22.8. The third-order valence-corrected chi connectivity index (χ3v) is 4.68. The topological polar surface area (TPSA) is 88.4 Å². The lowest BCUT2D eigenvalue weighted by molar-refractivity contribution is -0.444. The Morgan fingerprint density at radius 2 is 1.40 bits per heavy atom. The minimum atomic E-state index is -1.67. The molecule has 6 nitrogen and oxygen atoms in total. The Balaban J connectivity index is 2.15. The first-order chi connectivity index (χ1) is 12.1. The monoisotopic (exact) mass is 362 g/mol. The largest absolute Gasteiger partial charge is 0.388 e. The standard InChI is InChI=1S/C19H38O6/c1-3-5-6-7-8-9-10-11-12-13-14-24-19(23-4-2)18(22)17(21)16(20)15-25-19/h16-18,20-22H,3-15H2,1-2H3/t16-,17+,18-,19+/m1/s1. The van der Waals surface area contributed by atoms with Gasteiger partial charge in [0.25, 0.3) is 0 Å². The van der Waals surface area contributed by atoms with Gasteiger partial charge < -0.3 is 29.5 Å². The number of aliphatic hydroxyl groups is 3. The van der Waals surface area contributed by atoms with Crippen LogP contribution in [0.3, 0.4) is 0 Å². The lowest BCUT2D eigenvalue weighted by Crippen LogP contribution is -2.63. The summed E-state index contributed by atoms with van der Waals surface area (Å²) in [5.41, 5.74) is 0. The molecular weight excluding hydrogens is 324 g/mol. The molecule has 150 valence electrons. The molecule has 0 amide bonds. The van der Waals surface area contributed by atoms with Crippen LogP contribution in [0.5, 0.6) is 0 Å². The van der Waals surface area contributed by atoms with E-state index < -0.39 is 24.3 Å². The van der Waals surface area contributed by atoms with Gasteiger partial charge in [-0.15, -0.1) is 0 Å². The molecule has 1 fully saturated rings. The second-order valence-corrected chi connectivity index (χ2v) is 6.88. The van der Waals surface area contributed by atoms with E-state index in [0.29, 0.717) is 6.61 Å². The molecule has 0 saturated carbocycles. The normalized spacial score (nSPS) is 29.9. The van der Waals surface area contributed by atoms with Gasteiger partial charge >= 0.3 is 5.97 Å². The van der Waals surface area contributed by atoms with Crippen LogP contribution in [-0.2, 0) is 14.2 Å². The van der Waals surface area contributed by atoms with Gasteiger partial charge in [-0.25, -0.2) is 0 Å². The molecule has 0 bridgehead atoms. The molecule has 0 radical (unpaired) electrons. The molecule has 25 heavy (non-hydrogen) atoms. The molecule has 1 aliphatic heterocycles. The summed E-state index contributed by atoms with van der Waals surface area (Å²) in [6, 6.07) is 0. The van der Waals surface area contributed by atoms with Crippen molar-refractivity contribution in [2.24, 2.45) is 0 Å². The SMILES string of the molecule is CCCCCCCCCCCCO[C@]1(OCC)OC[C@@H](O)[C@H](O)[C@H]1O. The average Bonchev–Trinajstić information content (AvgIpc) is 2.61. The number of rotatable bonds is 14. The molecule has 0 aromatic heterocycles. The van der Waals surface area contributed by atoms with Crippen molar-refractivity contribution in [3.05, 3.63) is 0 Å². The van der Waals surface area contributed by atoms with Crippen molar-refractivity contribution in [3.63, 3.8) is 0 Å². The van der Waals surface area contributed by atoms with Crippen molar-refractivity contribution in [3.8, 4) is 0 Å². The van der Waals surface area contributed by atoms with Crippen LogP contribution >= 0.6 is 0 Å². The number of hydrogen-bond donors (Lipinski definition) is 3. The van der Waals surface area contributed by atoms with E-state index in [-0.39, 0.29) is 13.2 Å². The summed E-state index contributed by atoms with van der Waals surface area (Å²) >= 11 is 0. The van der Waals surface area contributed by atoms with Gasteiger partial charge in [-0.2, -0.15) is 0 Å². The third kappa shape index (κ3) is 7.89. The van der Waals surface area contributed by atoms with Gasteiger partial charge in [0.15, 0.2) is 6.10 Å². The Labute approximate surface area is 152 Å². The zero-order valence-electron chi connectivity index (χ0n) is 16.0. The van der Waals surface area contributed by atoms with E-state index in [2.05, 4.69) is 6.92 Å². The summed E-state index contributed by atoms with van der Waals surface area (Å²) in [5.74, 6) is -1.67. The predicted molar refractivity (Wildman–Crippen MR) is 96.1 cm³/mol. The van der Waals surface area contributed by atoms with Crippen molar-refractivity contribution in [2.45, 2.75) is 102 Å². The minimum absolute atomic E-state index is 0.129. The van der Waals surface area contributed by atoms with Gasteiger partial charge in [0.2, 0.25) is 0 Å². The highest BCUT2D eigenvalue weighted by atomic mass is 16.9. The molecule has 0 aromatic carbocycles. The minimum Gasteiger partial charge on any atom is -0.388 e. The Morgan fingerprint density at radius 3 is 1.96 bits per heavy atom. The zero-order valence-corrected chi connectivity index (χ0v) is 16.0. The highest BCUT2D eigenvalue weighted by Gasteiger charge is 2.52. The lowest BCUT2D eigenvalue weighted by atomic mass is 10.0. The van der Waals surface area contributed by atoms with Crippen molar-refractivity contribution in [1.82, 2.24) is 0 Å². The molecule has 1 aliphatic rings. The molecule has 0 unspecified atom stereocenters. The highest BCUT2D eigenvalue weighted by molar-refractivity contribution is 4.87. The molecule has 0 aliphatic carbocycles. The molecule has 3 N–H and O–H groups in total. The van der Waals surface area contributed by atoms with Crippen molar-refractivity contribution < 1.29 is 29.5 Å². The van der Waals surface area contributed by atoms with E-state index in [4.69, 9.17) is 14.2 Å². The maximum Gasteiger partial charge on any atom is 0.313 e. The van der Waals surface area contributed by atoms with Crippen molar-refractivity contribution in [2.75, 3.05) is 19.8 Å². The predicted octanol–water partition coefficient (Wildman–Crippen LogP) is 2.73. The van der Waals surface area contributed by atoms with E-state index in [1.165, 1.54) is 51.4 Å². The molecule has 1 heterocycles. The summed E-state index contributed by atoms with van der Waals surface area (Å²) in [4.78, 5) is 0. The molecule has 0 aromatic rings. The second-order valence-electron chi connectivity index (χ2n) is 6.88. The van der Waals surface area contributed by atoms with Gasteiger partial charge in [-0.05, 0) is 13.3 Å². The molecule has 6 heteroatoms. The summed E-state index contributed by atoms with van der Waals surface area (Å²) in [6.07, 6.45) is 8.36. The van der Waals surface area contributed by atoms with Crippen LogP contribution in [0.15, 0.2) is 0 Å². The third-order valence-electron chi connectivity index (χ3n) is 4.68. The Hall–Kier alpha value is -0.240. The van der Waals surface area contributed by atoms with Gasteiger partial charge in [0.05, 0.1) is 13.2 Å². The summed E-state index contributed by atoms with van der Waals surface area (Å²) < 4.78 is 16.5. The molecule has 0 spiro atoms. The van der Waals surface area contributed by atoms with Gasteiger partial charge in [0, 0.05) is 6.61 Å². The van der Waals surface area contributed by atoms with Crippen LogP contribution in [0.1, 0.15) is 78.1 Å².